The fraction of sp³-hybridized carbons (Fsp3) is 0.467. The minimum absolute atomic E-state index is 0.0764. The first-order chi connectivity index (χ1) is 11.6. The minimum atomic E-state index is -3.95. The van der Waals surface area contributed by atoms with Gasteiger partial charge in [-0.25, -0.2) is 17.9 Å². The van der Waals surface area contributed by atoms with Crippen LogP contribution in [0, 0.1) is 0 Å². The molecule has 7 nitrogen and oxygen atoms in total. The van der Waals surface area contributed by atoms with Crippen LogP contribution in [0.25, 0.3) is 0 Å². The van der Waals surface area contributed by atoms with Crippen LogP contribution >= 0.6 is 23.2 Å². The number of rotatable bonds is 8. The number of amides is 1. The van der Waals surface area contributed by atoms with Crippen molar-refractivity contribution in [3.63, 3.8) is 0 Å². The summed E-state index contributed by atoms with van der Waals surface area (Å²) in [5.41, 5.74) is -0.196. The van der Waals surface area contributed by atoms with Crippen molar-refractivity contribution in [1.82, 2.24) is 10.0 Å². The number of hydrogen-bond donors (Lipinski definition) is 2. The molecule has 10 heteroatoms. The van der Waals surface area contributed by atoms with Gasteiger partial charge >= 0.3 is 5.97 Å². The summed E-state index contributed by atoms with van der Waals surface area (Å²) in [4.78, 5) is 22.9. The molecule has 0 aliphatic heterocycles. The fourth-order valence-corrected chi connectivity index (χ4v) is 4.12. The van der Waals surface area contributed by atoms with E-state index in [9.17, 15) is 18.0 Å². The molecule has 140 valence electrons. The average molecular weight is 411 g/mol. The Kier molecular flexibility index (Phi) is 8.14. The number of carbonyl (C=O) groups excluding carboxylic acids is 2. The highest BCUT2D eigenvalue weighted by Gasteiger charge is 2.24. The van der Waals surface area contributed by atoms with Crippen LogP contribution in [0.3, 0.4) is 0 Å². The standard InChI is InChI=1S/C15H20Cl2N2O5S/c1-4-5-9(2)19-25(22,23)13-6-10(11(16)7-12(13)17)15(21)24-8-14(20)18-3/h6-7,9,19H,4-5,8H2,1-3H3,(H,18,20)/t9-/m1/s1. The third kappa shape index (κ3) is 6.14. The SMILES string of the molecule is CCC[C@@H](C)NS(=O)(=O)c1cc(C(=O)OCC(=O)NC)c(Cl)cc1Cl. The molecule has 1 rings (SSSR count). The van der Waals surface area contributed by atoms with Gasteiger partial charge in [0.2, 0.25) is 10.0 Å². The molecule has 0 aliphatic carbocycles. The first kappa shape index (κ1) is 21.7. The van der Waals surface area contributed by atoms with Crippen LogP contribution in [-0.4, -0.2) is 40.0 Å². The van der Waals surface area contributed by atoms with E-state index >= 15 is 0 Å². The molecule has 1 amide bonds. The van der Waals surface area contributed by atoms with Crippen molar-refractivity contribution in [2.75, 3.05) is 13.7 Å². The maximum atomic E-state index is 12.5. The van der Waals surface area contributed by atoms with E-state index in [4.69, 9.17) is 27.9 Å². The maximum absolute atomic E-state index is 12.5. The van der Waals surface area contributed by atoms with Gasteiger partial charge in [0, 0.05) is 13.1 Å². The van der Waals surface area contributed by atoms with Crippen LogP contribution in [0.1, 0.15) is 37.0 Å². The van der Waals surface area contributed by atoms with Gasteiger partial charge in [0.05, 0.1) is 15.6 Å². The molecule has 0 unspecified atom stereocenters. The molecule has 0 heterocycles. The Morgan fingerprint density at radius 2 is 1.88 bits per heavy atom. The molecular weight excluding hydrogens is 391 g/mol. The summed E-state index contributed by atoms with van der Waals surface area (Å²) in [6, 6.07) is 1.89. The van der Waals surface area contributed by atoms with E-state index < -0.39 is 28.5 Å². The van der Waals surface area contributed by atoms with Gasteiger partial charge in [-0.2, -0.15) is 0 Å². The van der Waals surface area contributed by atoms with Gasteiger partial charge in [-0.1, -0.05) is 36.5 Å². The van der Waals surface area contributed by atoms with Crippen molar-refractivity contribution in [2.45, 2.75) is 37.6 Å². The lowest BCUT2D eigenvalue weighted by Crippen LogP contribution is -2.32. The molecule has 0 fully saturated rings. The molecule has 1 aromatic carbocycles. The molecule has 0 spiro atoms. The number of ether oxygens (including phenoxy) is 1. The largest absolute Gasteiger partial charge is 0.452 e. The summed E-state index contributed by atoms with van der Waals surface area (Å²) in [7, 11) is -2.56. The molecule has 2 N–H and O–H groups in total. The number of esters is 1. The van der Waals surface area contributed by atoms with Gasteiger partial charge in [0.15, 0.2) is 6.61 Å². The quantitative estimate of drug-likeness (QED) is 0.640. The second-order valence-electron chi connectivity index (χ2n) is 5.32. The van der Waals surface area contributed by atoms with Crippen LogP contribution < -0.4 is 10.0 Å². The lowest BCUT2D eigenvalue weighted by Gasteiger charge is -2.15. The van der Waals surface area contributed by atoms with E-state index in [-0.39, 0.29) is 26.5 Å². The van der Waals surface area contributed by atoms with Crippen molar-refractivity contribution < 1.29 is 22.7 Å². The number of sulfonamides is 1. The average Bonchev–Trinajstić information content (AvgIpc) is 2.51. The van der Waals surface area contributed by atoms with Crippen molar-refractivity contribution in [3.05, 3.63) is 27.7 Å². The third-order valence-electron chi connectivity index (χ3n) is 3.22. The van der Waals surface area contributed by atoms with Gasteiger partial charge in [0.1, 0.15) is 4.90 Å². The van der Waals surface area contributed by atoms with Crippen LogP contribution in [0.15, 0.2) is 17.0 Å². The summed E-state index contributed by atoms with van der Waals surface area (Å²) in [5, 5.41) is 2.09. The lowest BCUT2D eigenvalue weighted by molar-refractivity contribution is -0.123. The number of halogens is 2. The Bertz CT molecular complexity index is 753. The van der Waals surface area contributed by atoms with E-state index in [1.807, 2.05) is 6.92 Å². The molecule has 0 aromatic heterocycles. The summed E-state index contributed by atoms with van der Waals surface area (Å²) in [5.74, 6) is -1.44. The van der Waals surface area contributed by atoms with Crippen molar-refractivity contribution in [3.8, 4) is 0 Å². The Balaban J connectivity index is 3.14. The summed E-state index contributed by atoms with van der Waals surface area (Å²) in [6.45, 7) is 3.15. The zero-order chi connectivity index (χ0) is 19.2. The third-order valence-corrected chi connectivity index (χ3v) is 5.59. The van der Waals surface area contributed by atoms with E-state index in [2.05, 4.69) is 10.0 Å². The van der Waals surface area contributed by atoms with Gasteiger partial charge < -0.3 is 10.1 Å². The first-order valence-corrected chi connectivity index (χ1v) is 9.75. The molecule has 0 saturated heterocycles. The number of hydrogen-bond acceptors (Lipinski definition) is 5. The van der Waals surface area contributed by atoms with Crippen molar-refractivity contribution >= 4 is 45.1 Å². The molecule has 0 aliphatic rings. The molecule has 0 saturated carbocycles. The van der Waals surface area contributed by atoms with Gasteiger partial charge in [-0.05, 0) is 25.5 Å². The van der Waals surface area contributed by atoms with Gasteiger partial charge in [-0.15, -0.1) is 0 Å². The molecule has 0 bridgehead atoms. The second kappa shape index (κ2) is 9.38. The monoisotopic (exact) mass is 410 g/mol. The Morgan fingerprint density at radius 1 is 1.24 bits per heavy atom. The Morgan fingerprint density at radius 3 is 2.44 bits per heavy atom. The van der Waals surface area contributed by atoms with Crippen LogP contribution in [0.4, 0.5) is 0 Å². The highest BCUT2D eigenvalue weighted by molar-refractivity contribution is 7.89. The lowest BCUT2D eigenvalue weighted by atomic mass is 10.2. The maximum Gasteiger partial charge on any atom is 0.340 e. The molecule has 0 radical (unpaired) electrons. The Hall–Kier alpha value is -1.35. The van der Waals surface area contributed by atoms with Crippen molar-refractivity contribution in [2.24, 2.45) is 0 Å². The normalized spacial score (nSPS) is 12.5. The van der Waals surface area contributed by atoms with Crippen LogP contribution in [-0.2, 0) is 19.6 Å². The van der Waals surface area contributed by atoms with Crippen LogP contribution in [0.2, 0.25) is 10.0 Å². The van der Waals surface area contributed by atoms with Crippen molar-refractivity contribution in [1.29, 1.82) is 0 Å². The topological polar surface area (TPSA) is 102 Å². The molecule has 1 atom stereocenters. The zero-order valence-corrected chi connectivity index (χ0v) is 16.4. The van der Waals surface area contributed by atoms with Gasteiger partial charge in [0.25, 0.3) is 5.91 Å². The van der Waals surface area contributed by atoms with E-state index in [0.29, 0.717) is 6.42 Å². The number of carbonyl (C=O) groups is 2. The fourth-order valence-electron chi connectivity index (χ4n) is 1.99. The highest BCUT2D eigenvalue weighted by atomic mass is 35.5. The summed E-state index contributed by atoms with van der Waals surface area (Å²) >= 11 is 11.9. The first-order valence-electron chi connectivity index (χ1n) is 7.51. The Labute approximate surface area is 157 Å². The predicted octanol–water partition coefficient (Wildman–Crippen LogP) is 2.36. The van der Waals surface area contributed by atoms with Gasteiger partial charge in [-0.3, -0.25) is 4.79 Å². The molecule has 25 heavy (non-hydrogen) atoms. The van der Waals surface area contributed by atoms with E-state index in [1.165, 1.54) is 7.05 Å². The number of benzene rings is 1. The second-order valence-corrected chi connectivity index (χ2v) is 7.82. The number of nitrogens with one attached hydrogen (secondary N) is 2. The predicted molar refractivity (Wildman–Crippen MR) is 95.5 cm³/mol. The van der Waals surface area contributed by atoms with Crippen LogP contribution in [0.5, 0.6) is 0 Å². The summed E-state index contributed by atoms with van der Waals surface area (Å²) < 4.78 is 32.2. The molecule has 1 aromatic rings. The highest BCUT2D eigenvalue weighted by Crippen LogP contribution is 2.29. The zero-order valence-electron chi connectivity index (χ0n) is 14.1. The van der Waals surface area contributed by atoms with E-state index in [1.54, 1.807) is 6.92 Å². The summed E-state index contributed by atoms with van der Waals surface area (Å²) in [6.07, 6.45) is 1.45. The van der Waals surface area contributed by atoms with E-state index in [0.717, 1.165) is 18.6 Å². The molecular formula is C15H20Cl2N2O5S. The minimum Gasteiger partial charge on any atom is -0.452 e. The number of likely N-dealkylation sites (N-methyl/N-ethyl adjacent to an activating group) is 1. The smallest absolute Gasteiger partial charge is 0.340 e.